The van der Waals surface area contributed by atoms with Gasteiger partial charge in [0.25, 0.3) is 0 Å². The highest BCUT2D eigenvalue weighted by Crippen LogP contribution is 2.24. The molecule has 3 nitrogen and oxygen atoms in total. The van der Waals surface area contributed by atoms with E-state index in [2.05, 4.69) is 0 Å². The average Bonchev–Trinajstić information content (AvgIpc) is 2.15. The summed E-state index contributed by atoms with van der Waals surface area (Å²) < 4.78 is 12.7. The van der Waals surface area contributed by atoms with Crippen LogP contribution in [0, 0.1) is 5.82 Å². The lowest BCUT2D eigenvalue weighted by Crippen LogP contribution is -2.27. The zero-order chi connectivity index (χ0) is 10.7. The molecule has 0 fully saturated rings. The van der Waals surface area contributed by atoms with Crippen molar-refractivity contribution in [1.82, 2.24) is 0 Å². The van der Waals surface area contributed by atoms with E-state index in [1.165, 1.54) is 18.2 Å². The maximum absolute atomic E-state index is 12.7. The lowest BCUT2D eigenvalue weighted by atomic mass is 9.99. The van der Waals surface area contributed by atoms with Gasteiger partial charge in [-0.3, -0.25) is 0 Å². The normalized spacial score (nSPS) is 15.1. The summed E-state index contributed by atoms with van der Waals surface area (Å²) in [7, 11) is 0. The van der Waals surface area contributed by atoms with Crippen LogP contribution in [0.15, 0.2) is 18.2 Å². The highest BCUT2D eigenvalue weighted by atomic mass is 19.1. The third kappa shape index (κ3) is 2.21. The number of nitrogen functional groups attached to an aromatic ring is 1. The van der Waals surface area contributed by atoms with Crippen LogP contribution in [0.5, 0.6) is 0 Å². The number of halogens is 1. The van der Waals surface area contributed by atoms with E-state index < -0.39 is 11.9 Å². The second kappa shape index (κ2) is 4.39. The van der Waals surface area contributed by atoms with Gasteiger partial charge in [0, 0.05) is 17.3 Å². The minimum atomic E-state index is -0.833. The summed E-state index contributed by atoms with van der Waals surface area (Å²) in [5.74, 6) is -0.413. The lowest BCUT2D eigenvalue weighted by Gasteiger charge is -2.18. The fraction of sp³-hybridized carbons (Fsp3) is 0.400. The molecule has 0 aromatic heterocycles. The molecule has 0 saturated carbocycles. The SMILES string of the molecule is CC[C@@H](N)[C@@H](O)c1ccc(F)cc1N. The molecule has 0 bridgehead atoms. The van der Waals surface area contributed by atoms with Crippen LogP contribution < -0.4 is 11.5 Å². The average molecular weight is 198 g/mol. The van der Waals surface area contributed by atoms with Crippen molar-refractivity contribution in [3.8, 4) is 0 Å². The van der Waals surface area contributed by atoms with Crippen molar-refractivity contribution in [2.45, 2.75) is 25.5 Å². The third-order valence-corrected chi connectivity index (χ3v) is 2.24. The van der Waals surface area contributed by atoms with Crippen molar-refractivity contribution in [2.24, 2.45) is 5.73 Å². The van der Waals surface area contributed by atoms with E-state index in [0.29, 0.717) is 12.0 Å². The van der Waals surface area contributed by atoms with Gasteiger partial charge in [0.2, 0.25) is 0 Å². The highest BCUT2D eigenvalue weighted by molar-refractivity contribution is 5.48. The number of aliphatic hydroxyl groups is 1. The van der Waals surface area contributed by atoms with Gasteiger partial charge in [-0.25, -0.2) is 4.39 Å². The first kappa shape index (κ1) is 10.9. The molecule has 4 heteroatoms. The maximum Gasteiger partial charge on any atom is 0.125 e. The van der Waals surface area contributed by atoms with Gasteiger partial charge in [-0.1, -0.05) is 13.0 Å². The summed E-state index contributed by atoms with van der Waals surface area (Å²) in [5.41, 5.74) is 11.9. The Morgan fingerprint density at radius 2 is 2.14 bits per heavy atom. The molecule has 78 valence electrons. The van der Waals surface area contributed by atoms with Crippen LogP contribution in [-0.4, -0.2) is 11.1 Å². The summed E-state index contributed by atoms with van der Waals surface area (Å²) in [4.78, 5) is 0. The Balaban J connectivity index is 2.95. The van der Waals surface area contributed by atoms with Crippen molar-refractivity contribution < 1.29 is 9.50 Å². The molecule has 2 atom stereocenters. The molecular weight excluding hydrogens is 183 g/mol. The van der Waals surface area contributed by atoms with Gasteiger partial charge in [0.05, 0.1) is 6.10 Å². The summed E-state index contributed by atoms with van der Waals surface area (Å²) in [6.45, 7) is 1.87. The van der Waals surface area contributed by atoms with Crippen LogP contribution >= 0.6 is 0 Å². The number of rotatable bonds is 3. The van der Waals surface area contributed by atoms with E-state index in [4.69, 9.17) is 11.5 Å². The van der Waals surface area contributed by atoms with E-state index in [1.54, 1.807) is 0 Å². The summed E-state index contributed by atoms with van der Waals surface area (Å²) in [6, 6.07) is 3.53. The van der Waals surface area contributed by atoms with E-state index >= 15 is 0 Å². The highest BCUT2D eigenvalue weighted by Gasteiger charge is 2.17. The number of nitrogens with two attached hydrogens (primary N) is 2. The molecule has 1 rings (SSSR count). The topological polar surface area (TPSA) is 72.3 Å². The van der Waals surface area contributed by atoms with E-state index in [9.17, 15) is 9.50 Å². The van der Waals surface area contributed by atoms with Crippen molar-refractivity contribution in [3.63, 3.8) is 0 Å². The number of hydrogen-bond donors (Lipinski definition) is 3. The van der Waals surface area contributed by atoms with Gasteiger partial charge in [0.15, 0.2) is 0 Å². The third-order valence-electron chi connectivity index (χ3n) is 2.24. The lowest BCUT2D eigenvalue weighted by molar-refractivity contribution is 0.145. The Labute approximate surface area is 82.5 Å². The molecule has 0 aliphatic carbocycles. The Bertz CT molecular complexity index is 317. The summed E-state index contributed by atoms with van der Waals surface area (Å²) in [5, 5.41) is 9.73. The van der Waals surface area contributed by atoms with Gasteiger partial charge in [-0.15, -0.1) is 0 Å². The number of hydrogen-bond acceptors (Lipinski definition) is 3. The van der Waals surface area contributed by atoms with Crippen LogP contribution in [0.1, 0.15) is 25.0 Å². The molecule has 0 amide bonds. The Morgan fingerprint density at radius 3 is 2.64 bits per heavy atom. The standard InChI is InChI=1S/C10H15FN2O/c1-2-8(12)10(14)7-4-3-6(11)5-9(7)13/h3-5,8,10,14H,2,12-13H2,1H3/t8-,10+/m1/s1. The molecule has 14 heavy (non-hydrogen) atoms. The zero-order valence-corrected chi connectivity index (χ0v) is 8.07. The van der Waals surface area contributed by atoms with Crippen molar-refractivity contribution in [2.75, 3.05) is 5.73 Å². The van der Waals surface area contributed by atoms with Crippen LogP contribution in [-0.2, 0) is 0 Å². The minimum absolute atomic E-state index is 0.237. The molecule has 0 saturated heterocycles. The van der Waals surface area contributed by atoms with Crippen LogP contribution in [0.25, 0.3) is 0 Å². The number of aliphatic hydroxyl groups excluding tert-OH is 1. The quantitative estimate of drug-likeness (QED) is 0.638. The Hall–Kier alpha value is -1.13. The molecule has 1 aromatic rings. The van der Waals surface area contributed by atoms with Crippen molar-refractivity contribution >= 4 is 5.69 Å². The molecule has 0 aliphatic heterocycles. The van der Waals surface area contributed by atoms with Gasteiger partial charge in [-0.05, 0) is 18.6 Å². The van der Waals surface area contributed by atoms with E-state index in [0.717, 1.165) is 0 Å². The molecule has 0 aliphatic rings. The molecule has 0 spiro atoms. The maximum atomic E-state index is 12.7. The van der Waals surface area contributed by atoms with Gasteiger partial charge >= 0.3 is 0 Å². The first-order chi connectivity index (χ1) is 6.56. The first-order valence-corrected chi connectivity index (χ1v) is 4.54. The smallest absolute Gasteiger partial charge is 0.125 e. The second-order valence-electron chi connectivity index (χ2n) is 3.29. The monoisotopic (exact) mass is 198 g/mol. The predicted octanol–water partition coefficient (Wildman–Crippen LogP) is 1.18. The fourth-order valence-electron chi connectivity index (χ4n) is 1.27. The molecule has 0 heterocycles. The van der Waals surface area contributed by atoms with Gasteiger partial charge < -0.3 is 16.6 Å². The predicted molar refractivity (Wildman–Crippen MR) is 54.0 cm³/mol. The zero-order valence-electron chi connectivity index (χ0n) is 8.07. The first-order valence-electron chi connectivity index (χ1n) is 4.54. The van der Waals surface area contributed by atoms with Gasteiger partial charge in [0.1, 0.15) is 5.82 Å². The minimum Gasteiger partial charge on any atom is -0.398 e. The molecule has 5 N–H and O–H groups in total. The fourth-order valence-corrected chi connectivity index (χ4v) is 1.27. The van der Waals surface area contributed by atoms with E-state index in [-0.39, 0.29) is 11.7 Å². The molecule has 1 aromatic carbocycles. The van der Waals surface area contributed by atoms with Crippen molar-refractivity contribution in [1.29, 1.82) is 0 Å². The van der Waals surface area contributed by atoms with Crippen molar-refractivity contribution in [3.05, 3.63) is 29.6 Å². The Morgan fingerprint density at radius 1 is 1.50 bits per heavy atom. The largest absolute Gasteiger partial charge is 0.398 e. The summed E-state index contributed by atoms with van der Waals surface area (Å²) in [6.07, 6.45) is -0.196. The van der Waals surface area contributed by atoms with E-state index in [1.807, 2.05) is 6.92 Å². The van der Waals surface area contributed by atoms with Gasteiger partial charge in [-0.2, -0.15) is 0 Å². The molecular formula is C10H15FN2O. The Kier molecular flexibility index (Phi) is 3.43. The van der Waals surface area contributed by atoms with Crippen LogP contribution in [0.4, 0.5) is 10.1 Å². The number of benzene rings is 1. The summed E-state index contributed by atoms with van der Waals surface area (Å²) >= 11 is 0. The second-order valence-corrected chi connectivity index (χ2v) is 3.29. The number of anilines is 1. The van der Waals surface area contributed by atoms with Crippen LogP contribution in [0.2, 0.25) is 0 Å². The molecule has 0 radical (unpaired) electrons. The molecule has 0 unspecified atom stereocenters. The van der Waals surface area contributed by atoms with Crippen LogP contribution in [0.3, 0.4) is 0 Å².